The molecule has 0 heterocycles. The van der Waals surface area contributed by atoms with Crippen LogP contribution < -0.4 is 0 Å². The largest absolute Gasteiger partial charge is 0.378 e. The molecule has 2 rings (SSSR count). The second-order valence-electron chi connectivity index (χ2n) is 7.90. The average molecular weight is 383 g/mol. The molecule has 0 unspecified atom stereocenters. The second kappa shape index (κ2) is 14.2. The molecule has 0 aliphatic heterocycles. The Labute approximate surface area is 165 Å². The van der Waals surface area contributed by atoms with Crippen LogP contribution in [0.15, 0.2) is 18.6 Å². The van der Waals surface area contributed by atoms with Gasteiger partial charge in [0, 0.05) is 6.61 Å². The SMILES string of the molecule is C=C=COOCCCCCOC1CCC(OCOC2CCC(C)CC2)CC1. The summed E-state index contributed by atoms with van der Waals surface area (Å²) >= 11 is 0. The van der Waals surface area contributed by atoms with E-state index in [2.05, 4.69) is 19.2 Å². The van der Waals surface area contributed by atoms with E-state index in [9.17, 15) is 0 Å². The molecule has 2 saturated carbocycles. The Bertz CT molecular complexity index is 405. The van der Waals surface area contributed by atoms with Gasteiger partial charge in [0.15, 0.2) is 6.26 Å². The Hall–Kier alpha value is -0.840. The van der Waals surface area contributed by atoms with E-state index in [1.165, 1.54) is 31.9 Å². The van der Waals surface area contributed by atoms with Crippen LogP contribution in [0.1, 0.15) is 77.6 Å². The van der Waals surface area contributed by atoms with Gasteiger partial charge in [0.1, 0.15) is 6.79 Å². The van der Waals surface area contributed by atoms with Gasteiger partial charge in [-0.2, -0.15) is 4.89 Å². The monoisotopic (exact) mass is 382 g/mol. The summed E-state index contributed by atoms with van der Waals surface area (Å²) in [7, 11) is 0. The van der Waals surface area contributed by atoms with Crippen LogP contribution in [0.25, 0.3) is 0 Å². The van der Waals surface area contributed by atoms with Gasteiger partial charge in [-0.15, -0.1) is 0 Å². The van der Waals surface area contributed by atoms with Crippen molar-refractivity contribution >= 4 is 0 Å². The minimum atomic E-state index is 0.342. The van der Waals surface area contributed by atoms with Crippen LogP contribution in [-0.2, 0) is 24.0 Å². The minimum Gasteiger partial charge on any atom is -0.378 e. The van der Waals surface area contributed by atoms with Gasteiger partial charge in [0.2, 0.25) is 0 Å². The van der Waals surface area contributed by atoms with Crippen LogP contribution >= 0.6 is 0 Å². The quantitative estimate of drug-likeness (QED) is 0.108. The Morgan fingerprint density at radius 1 is 0.778 bits per heavy atom. The molecule has 0 radical (unpaired) electrons. The molecule has 5 heteroatoms. The summed E-state index contributed by atoms with van der Waals surface area (Å²) in [5, 5.41) is 0. The highest BCUT2D eigenvalue weighted by molar-refractivity contribution is 4.73. The van der Waals surface area contributed by atoms with Crippen LogP contribution in [0, 0.1) is 5.92 Å². The van der Waals surface area contributed by atoms with E-state index in [0.29, 0.717) is 31.7 Å². The van der Waals surface area contributed by atoms with E-state index in [1.807, 2.05) is 0 Å². The van der Waals surface area contributed by atoms with E-state index in [-0.39, 0.29) is 0 Å². The third kappa shape index (κ3) is 10.3. The van der Waals surface area contributed by atoms with Crippen LogP contribution in [0.5, 0.6) is 0 Å². The fourth-order valence-electron chi connectivity index (χ4n) is 3.80. The molecule has 0 aromatic rings. The van der Waals surface area contributed by atoms with Gasteiger partial charge >= 0.3 is 0 Å². The van der Waals surface area contributed by atoms with Crippen molar-refractivity contribution in [3.8, 4) is 0 Å². The first-order chi connectivity index (χ1) is 13.3. The third-order valence-corrected chi connectivity index (χ3v) is 5.62. The van der Waals surface area contributed by atoms with E-state index in [4.69, 9.17) is 24.0 Å². The van der Waals surface area contributed by atoms with E-state index >= 15 is 0 Å². The van der Waals surface area contributed by atoms with Gasteiger partial charge in [-0.1, -0.05) is 19.2 Å². The fourth-order valence-corrected chi connectivity index (χ4v) is 3.80. The van der Waals surface area contributed by atoms with Gasteiger partial charge in [0.25, 0.3) is 0 Å². The van der Waals surface area contributed by atoms with Crippen molar-refractivity contribution in [1.82, 2.24) is 0 Å². The molecule has 0 aromatic carbocycles. The molecule has 2 aliphatic carbocycles. The van der Waals surface area contributed by atoms with Crippen molar-refractivity contribution in [2.45, 2.75) is 95.9 Å². The van der Waals surface area contributed by atoms with Crippen molar-refractivity contribution in [2.24, 2.45) is 5.92 Å². The summed E-state index contributed by atoms with van der Waals surface area (Å²) in [6.45, 7) is 7.60. The summed E-state index contributed by atoms with van der Waals surface area (Å²) in [4.78, 5) is 9.65. The first-order valence-corrected chi connectivity index (χ1v) is 10.7. The third-order valence-electron chi connectivity index (χ3n) is 5.62. The lowest BCUT2D eigenvalue weighted by atomic mass is 9.89. The minimum absolute atomic E-state index is 0.342. The highest BCUT2D eigenvalue weighted by atomic mass is 17.2. The highest BCUT2D eigenvalue weighted by Gasteiger charge is 2.23. The van der Waals surface area contributed by atoms with Crippen molar-refractivity contribution in [3.63, 3.8) is 0 Å². The molecule has 0 bridgehead atoms. The molecule has 2 aliphatic rings. The maximum absolute atomic E-state index is 6.00. The first-order valence-electron chi connectivity index (χ1n) is 10.7. The number of hydrogen-bond donors (Lipinski definition) is 0. The summed E-state index contributed by atoms with van der Waals surface area (Å²) in [6.07, 6.45) is 14.9. The van der Waals surface area contributed by atoms with Crippen LogP contribution in [0.2, 0.25) is 0 Å². The van der Waals surface area contributed by atoms with Gasteiger partial charge in [-0.3, -0.25) is 0 Å². The molecule has 0 spiro atoms. The average Bonchev–Trinajstić information content (AvgIpc) is 2.69. The number of hydrogen-bond acceptors (Lipinski definition) is 5. The summed E-state index contributed by atoms with van der Waals surface area (Å²) in [5.41, 5.74) is 2.49. The molecule has 2 fully saturated rings. The van der Waals surface area contributed by atoms with Crippen molar-refractivity contribution < 1.29 is 24.0 Å². The zero-order valence-corrected chi connectivity index (χ0v) is 17.0. The Morgan fingerprint density at radius 3 is 1.96 bits per heavy atom. The first kappa shape index (κ1) is 22.4. The molecule has 5 nitrogen and oxygen atoms in total. The summed E-state index contributed by atoms with van der Waals surface area (Å²) < 4.78 is 17.9. The van der Waals surface area contributed by atoms with Crippen molar-refractivity contribution in [1.29, 1.82) is 0 Å². The molecule has 0 amide bonds. The predicted molar refractivity (Wildman–Crippen MR) is 105 cm³/mol. The number of ether oxygens (including phenoxy) is 3. The van der Waals surface area contributed by atoms with Crippen LogP contribution in [0.3, 0.4) is 0 Å². The molecule has 156 valence electrons. The standard InChI is InChI=1S/C22H38O5/c1-3-15-26-27-17-6-4-5-16-23-20-11-13-22(14-12-20)25-18-24-21-9-7-19(2)8-10-21/h15,19-22H,1,4-14,16-18H2,2H3. The Balaban J connectivity index is 1.39. The van der Waals surface area contributed by atoms with Gasteiger partial charge in [-0.25, -0.2) is 0 Å². The summed E-state index contributed by atoms with van der Waals surface area (Å²) in [6, 6.07) is 0. The molecule has 0 saturated heterocycles. The molecule has 27 heavy (non-hydrogen) atoms. The number of rotatable bonds is 13. The molecule has 0 atom stereocenters. The fraction of sp³-hybridized carbons (Fsp3) is 0.864. The van der Waals surface area contributed by atoms with Gasteiger partial charge in [-0.05, 0) is 76.5 Å². The highest BCUT2D eigenvalue weighted by Crippen LogP contribution is 2.27. The van der Waals surface area contributed by atoms with E-state index in [1.54, 1.807) is 0 Å². The summed E-state index contributed by atoms with van der Waals surface area (Å²) in [5.74, 6) is 0.864. The smallest absolute Gasteiger partial charge is 0.171 e. The van der Waals surface area contributed by atoms with Crippen LogP contribution in [-0.4, -0.2) is 38.3 Å². The number of unbranched alkanes of at least 4 members (excludes halogenated alkanes) is 2. The van der Waals surface area contributed by atoms with E-state index < -0.39 is 0 Å². The zero-order chi connectivity index (χ0) is 19.2. The molecular weight excluding hydrogens is 344 g/mol. The van der Waals surface area contributed by atoms with E-state index in [0.717, 1.165) is 57.5 Å². The maximum Gasteiger partial charge on any atom is 0.171 e. The lowest BCUT2D eigenvalue weighted by molar-refractivity contribution is -0.249. The van der Waals surface area contributed by atoms with Gasteiger partial charge < -0.3 is 19.1 Å². The Morgan fingerprint density at radius 2 is 1.33 bits per heavy atom. The topological polar surface area (TPSA) is 46.2 Å². The molecule has 0 N–H and O–H groups in total. The lowest BCUT2D eigenvalue weighted by Crippen LogP contribution is -2.29. The van der Waals surface area contributed by atoms with Crippen LogP contribution in [0.4, 0.5) is 0 Å². The van der Waals surface area contributed by atoms with Gasteiger partial charge in [0.05, 0.1) is 24.9 Å². The second-order valence-corrected chi connectivity index (χ2v) is 7.90. The predicted octanol–water partition coefficient (Wildman–Crippen LogP) is 5.30. The van der Waals surface area contributed by atoms with Crippen molar-refractivity contribution in [2.75, 3.05) is 20.0 Å². The molecular formula is C22H38O5. The van der Waals surface area contributed by atoms with Crippen molar-refractivity contribution in [3.05, 3.63) is 18.6 Å². The zero-order valence-electron chi connectivity index (χ0n) is 17.0. The lowest BCUT2D eigenvalue weighted by Gasteiger charge is -2.30. The normalized spacial score (nSPS) is 28.5. The maximum atomic E-state index is 6.00. The Kier molecular flexibility index (Phi) is 11.8. The molecule has 0 aromatic heterocycles.